The number of amides is 1. The van der Waals surface area contributed by atoms with Crippen molar-refractivity contribution in [1.29, 1.82) is 0 Å². The monoisotopic (exact) mass is 488 g/mol. The van der Waals surface area contributed by atoms with Crippen molar-refractivity contribution in [3.05, 3.63) is 70.8 Å². The first kappa shape index (κ1) is 25.4. The Morgan fingerprint density at radius 2 is 1.60 bits per heavy atom. The molecule has 1 amide bonds. The van der Waals surface area contributed by atoms with Crippen molar-refractivity contribution in [2.45, 2.75) is 43.4 Å². The van der Waals surface area contributed by atoms with Gasteiger partial charge < -0.3 is 14.4 Å². The maximum atomic E-state index is 13.1. The Labute approximate surface area is 203 Å². The minimum atomic E-state index is -4.33. The number of nitrogens with zero attached hydrogens (tertiary/aromatic N) is 2. The normalized spacial score (nSPS) is 19.5. The Hall–Kier alpha value is -2.71. The molecule has 5 nitrogen and oxygen atoms in total. The minimum absolute atomic E-state index is 0.0327. The maximum absolute atomic E-state index is 13.1. The summed E-state index contributed by atoms with van der Waals surface area (Å²) in [6.07, 6.45) is -0.407. The molecular formula is C27H31F3N2O3. The number of carbonyl (C=O) groups is 2. The van der Waals surface area contributed by atoms with Crippen LogP contribution in [0.1, 0.15) is 58.6 Å². The Balaban J connectivity index is 1.35. The van der Waals surface area contributed by atoms with E-state index in [1.54, 1.807) is 19.2 Å². The van der Waals surface area contributed by atoms with Crippen LogP contribution < -0.4 is 0 Å². The summed E-state index contributed by atoms with van der Waals surface area (Å²) in [5.74, 6) is 0.116. The van der Waals surface area contributed by atoms with Crippen molar-refractivity contribution >= 4 is 12.2 Å². The molecule has 0 aromatic heterocycles. The van der Waals surface area contributed by atoms with Crippen molar-refractivity contribution in [3.8, 4) is 0 Å². The summed E-state index contributed by atoms with van der Waals surface area (Å²) >= 11 is 0. The molecule has 8 heteroatoms. The SMILES string of the molecule is COC1(c2ccc(C(=O)N3CCC(c4ccc(C(F)(F)F)cc4)CC3)cc2)CCN(CC=O)CC1. The molecule has 0 unspecified atom stereocenters. The molecule has 188 valence electrons. The van der Waals surface area contributed by atoms with Gasteiger partial charge in [0.1, 0.15) is 6.29 Å². The first-order valence-electron chi connectivity index (χ1n) is 12.0. The molecule has 2 aromatic carbocycles. The fourth-order valence-corrected chi connectivity index (χ4v) is 5.27. The van der Waals surface area contributed by atoms with E-state index in [-0.39, 0.29) is 11.8 Å². The highest BCUT2D eigenvalue weighted by Gasteiger charge is 2.36. The Kier molecular flexibility index (Phi) is 7.62. The van der Waals surface area contributed by atoms with Crippen LogP contribution in [0.15, 0.2) is 48.5 Å². The van der Waals surface area contributed by atoms with Crippen LogP contribution in [0.5, 0.6) is 0 Å². The number of benzene rings is 2. The Morgan fingerprint density at radius 3 is 2.11 bits per heavy atom. The zero-order valence-electron chi connectivity index (χ0n) is 19.9. The summed E-state index contributed by atoms with van der Waals surface area (Å²) in [5, 5.41) is 0. The van der Waals surface area contributed by atoms with Gasteiger partial charge >= 0.3 is 6.18 Å². The second-order valence-corrected chi connectivity index (χ2v) is 9.43. The van der Waals surface area contributed by atoms with Crippen LogP contribution in [0.3, 0.4) is 0 Å². The molecule has 35 heavy (non-hydrogen) atoms. The predicted molar refractivity (Wildman–Crippen MR) is 126 cm³/mol. The molecule has 2 aliphatic rings. The van der Waals surface area contributed by atoms with Crippen molar-refractivity contribution in [2.24, 2.45) is 0 Å². The van der Waals surface area contributed by atoms with Crippen LogP contribution in [0.25, 0.3) is 0 Å². The van der Waals surface area contributed by atoms with Crippen molar-refractivity contribution in [1.82, 2.24) is 9.80 Å². The molecule has 0 bridgehead atoms. The number of ether oxygens (including phenoxy) is 1. The molecule has 0 radical (unpaired) electrons. The van der Waals surface area contributed by atoms with Crippen LogP contribution >= 0.6 is 0 Å². The lowest BCUT2D eigenvalue weighted by Crippen LogP contribution is -2.44. The average molecular weight is 489 g/mol. The molecule has 2 heterocycles. The fraction of sp³-hybridized carbons (Fsp3) is 0.481. The predicted octanol–water partition coefficient (Wildman–Crippen LogP) is 4.86. The van der Waals surface area contributed by atoms with Crippen LogP contribution in [-0.4, -0.2) is 61.8 Å². The number of hydrogen-bond acceptors (Lipinski definition) is 4. The number of aldehydes is 1. The average Bonchev–Trinajstić information content (AvgIpc) is 2.89. The maximum Gasteiger partial charge on any atom is 0.416 e. The van der Waals surface area contributed by atoms with E-state index in [9.17, 15) is 22.8 Å². The molecule has 0 N–H and O–H groups in total. The van der Waals surface area contributed by atoms with Gasteiger partial charge in [-0.1, -0.05) is 24.3 Å². The fourth-order valence-electron chi connectivity index (χ4n) is 5.27. The van der Waals surface area contributed by atoms with Crippen molar-refractivity contribution in [3.63, 3.8) is 0 Å². The van der Waals surface area contributed by atoms with Crippen LogP contribution in [0.2, 0.25) is 0 Å². The molecule has 0 atom stereocenters. The number of alkyl halides is 3. The summed E-state index contributed by atoms with van der Waals surface area (Å²) in [4.78, 5) is 27.8. The van der Waals surface area contributed by atoms with Gasteiger partial charge in [0.15, 0.2) is 0 Å². The lowest BCUT2D eigenvalue weighted by Gasteiger charge is -2.40. The lowest BCUT2D eigenvalue weighted by atomic mass is 9.83. The van der Waals surface area contributed by atoms with Crippen LogP contribution in [0.4, 0.5) is 13.2 Å². The van der Waals surface area contributed by atoms with E-state index in [2.05, 4.69) is 4.90 Å². The summed E-state index contributed by atoms with van der Waals surface area (Å²) in [5.41, 5.74) is 1.48. The van der Waals surface area contributed by atoms with Crippen molar-refractivity contribution in [2.75, 3.05) is 39.8 Å². The van der Waals surface area contributed by atoms with Gasteiger partial charge in [-0.05, 0) is 67.0 Å². The number of likely N-dealkylation sites (tertiary alicyclic amines) is 2. The van der Waals surface area contributed by atoms with Crippen LogP contribution in [0, 0.1) is 0 Å². The molecular weight excluding hydrogens is 457 g/mol. The third-order valence-electron chi connectivity index (χ3n) is 7.54. The summed E-state index contributed by atoms with van der Waals surface area (Å²) in [6, 6.07) is 13.0. The first-order valence-corrected chi connectivity index (χ1v) is 12.0. The summed E-state index contributed by atoms with van der Waals surface area (Å²) in [6.45, 7) is 3.13. The zero-order valence-corrected chi connectivity index (χ0v) is 19.9. The van der Waals surface area contributed by atoms with Gasteiger partial charge in [-0.2, -0.15) is 13.2 Å². The van der Waals surface area contributed by atoms with Gasteiger partial charge in [0.25, 0.3) is 5.91 Å². The highest BCUT2D eigenvalue weighted by atomic mass is 19.4. The minimum Gasteiger partial charge on any atom is -0.373 e. The smallest absolute Gasteiger partial charge is 0.373 e. The zero-order chi connectivity index (χ0) is 25.1. The molecule has 4 rings (SSSR count). The number of halogens is 3. The molecule has 0 saturated carbocycles. The van der Waals surface area contributed by atoms with E-state index < -0.39 is 17.3 Å². The summed E-state index contributed by atoms with van der Waals surface area (Å²) in [7, 11) is 1.70. The molecule has 0 spiro atoms. The van der Waals surface area contributed by atoms with E-state index in [0.717, 1.165) is 68.3 Å². The highest BCUT2D eigenvalue weighted by Crippen LogP contribution is 2.37. The second kappa shape index (κ2) is 10.5. The number of hydrogen-bond donors (Lipinski definition) is 0. The number of rotatable bonds is 6. The lowest BCUT2D eigenvalue weighted by molar-refractivity contribution is -0.137. The van der Waals surface area contributed by atoms with E-state index in [4.69, 9.17) is 4.74 Å². The van der Waals surface area contributed by atoms with E-state index in [1.165, 1.54) is 0 Å². The van der Waals surface area contributed by atoms with E-state index >= 15 is 0 Å². The van der Waals surface area contributed by atoms with Crippen LogP contribution in [-0.2, 0) is 21.3 Å². The third-order valence-corrected chi connectivity index (χ3v) is 7.54. The van der Waals surface area contributed by atoms with Gasteiger partial charge in [-0.3, -0.25) is 9.69 Å². The van der Waals surface area contributed by atoms with Gasteiger partial charge in [0.05, 0.1) is 17.7 Å². The topological polar surface area (TPSA) is 49.9 Å². The standard InChI is InChI=1S/C27H31F3N2O3/c1-35-26(12-16-31(17-13-26)18-19-33)23-6-4-22(5-7-23)25(34)32-14-10-21(11-15-32)20-2-8-24(9-3-20)27(28,29)30/h2-9,19,21H,10-18H2,1H3. The van der Waals surface area contributed by atoms with Gasteiger partial charge in [-0.15, -0.1) is 0 Å². The van der Waals surface area contributed by atoms with E-state index in [0.29, 0.717) is 25.2 Å². The molecule has 0 aliphatic carbocycles. The van der Waals surface area contributed by atoms with Gasteiger partial charge in [0.2, 0.25) is 0 Å². The van der Waals surface area contributed by atoms with Gasteiger partial charge in [0, 0.05) is 38.9 Å². The van der Waals surface area contributed by atoms with Gasteiger partial charge in [-0.25, -0.2) is 0 Å². The Bertz CT molecular complexity index is 1010. The number of carbonyl (C=O) groups excluding carboxylic acids is 2. The van der Waals surface area contributed by atoms with E-state index in [1.807, 2.05) is 29.2 Å². The highest BCUT2D eigenvalue weighted by molar-refractivity contribution is 5.94. The summed E-state index contributed by atoms with van der Waals surface area (Å²) < 4.78 is 44.4. The third kappa shape index (κ3) is 5.59. The molecule has 2 aliphatic heterocycles. The molecule has 2 saturated heterocycles. The molecule has 2 fully saturated rings. The Morgan fingerprint density at radius 1 is 1.00 bits per heavy atom. The number of piperidine rings is 2. The van der Waals surface area contributed by atoms with Crippen molar-refractivity contribution < 1.29 is 27.5 Å². The quantitative estimate of drug-likeness (QED) is 0.545. The molecule has 2 aromatic rings. The largest absolute Gasteiger partial charge is 0.416 e. The first-order chi connectivity index (χ1) is 16.8. The number of methoxy groups -OCH3 is 1. The second-order valence-electron chi connectivity index (χ2n) is 9.43.